The number of rotatable bonds is 6. The molecule has 0 aromatic carbocycles. The summed E-state index contributed by atoms with van der Waals surface area (Å²) in [6.07, 6.45) is 2.45. The standard InChI is InChI=1S/C12H19N3O3S/c1-8-7-10(13-6-5-9(2)19(4)17)15-11(14-8)12(16)18-3/h7,9H,5-6H2,1-4H3,(H,13,14,15). The van der Waals surface area contributed by atoms with E-state index in [1.54, 1.807) is 19.2 Å². The topological polar surface area (TPSA) is 81.2 Å². The minimum absolute atomic E-state index is 0.0390. The fourth-order valence-electron chi connectivity index (χ4n) is 1.41. The Bertz CT molecular complexity index is 479. The molecule has 1 rings (SSSR count). The molecular weight excluding hydrogens is 266 g/mol. The zero-order valence-corrected chi connectivity index (χ0v) is 12.4. The van der Waals surface area contributed by atoms with E-state index in [0.717, 1.165) is 6.42 Å². The first-order chi connectivity index (χ1) is 8.93. The van der Waals surface area contributed by atoms with Crippen LogP contribution in [-0.2, 0) is 15.5 Å². The normalized spacial score (nSPS) is 13.7. The summed E-state index contributed by atoms with van der Waals surface area (Å²) >= 11 is 0. The van der Waals surface area contributed by atoms with Crippen LogP contribution in [0.1, 0.15) is 29.7 Å². The maximum Gasteiger partial charge on any atom is 0.376 e. The number of nitrogens with zero attached hydrogens (tertiary/aromatic N) is 2. The molecule has 0 spiro atoms. The molecule has 0 saturated carbocycles. The Kier molecular flexibility index (Phi) is 5.88. The number of hydrogen-bond acceptors (Lipinski definition) is 6. The van der Waals surface area contributed by atoms with E-state index < -0.39 is 16.8 Å². The van der Waals surface area contributed by atoms with Gasteiger partial charge in [-0.3, -0.25) is 4.21 Å². The summed E-state index contributed by atoms with van der Waals surface area (Å²) in [6, 6.07) is 1.75. The van der Waals surface area contributed by atoms with Crippen molar-refractivity contribution < 1.29 is 13.7 Å². The molecular formula is C12H19N3O3S. The minimum atomic E-state index is -0.833. The Morgan fingerprint density at radius 3 is 2.79 bits per heavy atom. The van der Waals surface area contributed by atoms with E-state index in [4.69, 9.17) is 0 Å². The van der Waals surface area contributed by atoms with Crippen molar-refractivity contribution in [1.82, 2.24) is 9.97 Å². The molecule has 0 radical (unpaired) electrons. The third-order valence-electron chi connectivity index (χ3n) is 2.65. The van der Waals surface area contributed by atoms with Crippen LogP contribution in [0.3, 0.4) is 0 Å². The van der Waals surface area contributed by atoms with Crippen molar-refractivity contribution >= 4 is 22.6 Å². The van der Waals surface area contributed by atoms with Crippen LogP contribution in [0.15, 0.2) is 6.07 Å². The van der Waals surface area contributed by atoms with Gasteiger partial charge < -0.3 is 10.1 Å². The SMILES string of the molecule is COC(=O)c1nc(C)cc(NCCC(C)S(C)=O)n1. The lowest BCUT2D eigenvalue weighted by Crippen LogP contribution is -2.16. The van der Waals surface area contributed by atoms with Crippen molar-refractivity contribution in [3.63, 3.8) is 0 Å². The van der Waals surface area contributed by atoms with Gasteiger partial charge in [0.15, 0.2) is 0 Å². The van der Waals surface area contributed by atoms with E-state index in [1.807, 2.05) is 6.92 Å². The van der Waals surface area contributed by atoms with E-state index in [1.165, 1.54) is 7.11 Å². The highest BCUT2D eigenvalue weighted by Crippen LogP contribution is 2.08. The van der Waals surface area contributed by atoms with Crippen molar-refractivity contribution in [1.29, 1.82) is 0 Å². The van der Waals surface area contributed by atoms with Gasteiger partial charge in [0.2, 0.25) is 5.82 Å². The summed E-state index contributed by atoms with van der Waals surface area (Å²) in [4.78, 5) is 19.4. The molecule has 0 aliphatic rings. The number of nitrogens with one attached hydrogen (secondary N) is 1. The largest absolute Gasteiger partial charge is 0.463 e. The van der Waals surface area contributed by atoms with Gasteiger partial charge in [0.1, 0.15) is 5.82 Å². The molecule has 7 heteroatoms. The number of anilines is 1. The van der Waals surface area contributed by atoms with Crippen molar-refractivity contribution in [2.75, 3.05) is 25.2 Å². The first kappa shape index (κ1) is 15.6. The molecule has 1 aromatic heterocycles. The van der Waals surface area contributed by atoms with Crippen LogP contribution in [0.2, 0.25) is 0 Å². The lowest BCUT2D eigenvalue weighted by Gasteiger charge is -2.10. The number of aryl methyl sites for hydroxylation is 1. The predicted octanol–water partition coefficient (Wildman–Crippen LogP) is 1.14. The number of carbonyl (C=O) groups excluding carboxylic acids is 1. The van der Waals surface area contributed by atoms with Crippen molar-refractivity contribution in [2.45, 2.75) is 25.5 Å². The zero-order valence-electron chi connectivity index (χ0n) is 11.6. The second kappa shape index (κ2) is 7.18. The molecule has 6 nitrogen and oxygen atoms in total. The van der Waals surface area contributed by atoms with Gasteiger partial charge in [-0.1, -0.05) is 6.92 Å². The van der Waals surface area contributed by atoms with Gasteiger partial charge >= 0.3 is 5.97 Å². The van der Waals surface area contributed by atoms with E-state index in [9.17, 15) is 9.00 Å². The summed E-state index contributed by atoms with van der Waals surface area (Å²) in [5.41, 5.74) is 0.685. The van der Waals surface area contributed by atoms with Gasteiger partial charge in [0.05, 0.1) is 7.11 Å². The second-order valence-electron chi connectivity index (χ2n) is 4.23. The number of esters is 1. The van der Waals surface area contributed by atoms with Crippen LogP contribution >= 0.6 is 0 Å². The maximum absolute atomic E-state index is 11.4. The van der Waals surface area contributed by atoms with Crippen LogP contribution in [0.25, 0.3) is 0 Å². The van der Waals surface area contributed by atoms with Crippen LogP contribution in [-0.4, -0.2) is 45.3 Å². The highest BCUT2D eigenvalue weighted by molar-refractivity contribution is 7.84. The number of carbonyl (C=O) groups is 1. The Morgan fingerprint density at radius 1 is 1.53 bits per heavy atom. The van der Waals surface area contributed by atoms with Gasteiger partial charge in [-0.25, -0.2) is 14.8 Å². The van der Waals surface area contributed by atoms with Gasteiger partial charge in [-0.05, 0) is 13.3 Å². The molecule has 0 aliphatic heterocycles. The van der Waals surface area contributed by atoms with Gasteiger partial charge in [-0.15, -0.1) is 0 Å². The van der Waals surface area contributed by atoms with Crippen molar-refractivity contribution in [3.05, 3.63) is 17.6 Å². The third kappa shape index (κ3) is 4.94. The average molecular weight is 285 g/mol. The van der Waals surface area contributed by atoms with Gasteiger partial charge in [0, 0.05) is 40.6 Å². The first-order valence-corrected chi connectivity index (χ1v) is 7.56. The quantitative estimate of drug-likeness (QED) is 0.789. The summed E-state index contributed by atoms with van der Waals surface area (Å²) in [5.74, 6) is 0.0499. The fourth-order valence-corrected chi connectivity index (χ4v) is 1.86. The van der Waals surface area contributed by atoms with Crippen LogP contribution in [0, 0.1) is 6.92 Å². The first-order valence-electron chi connectivity index (χ1n) is 5.94. The summed E-state index contributed by atoms with van der Waals surface area (Å²) in [6.45, 7) is 4.35. The van der Waals surface area contributed by atoms with Crippen LogP contribution < -0.4 is 5.32 Å². The maximum atomic E-state index is 11.4. The molecule has 1 aromatic rings. The number of aromatic nitrogens is 2. The van der Waals surface area contributed by atoms with Crippen LogP contribution in [0.4, 0.5) is 5.82 Å². The van der Waals surface area contributed by atoms with Crippen molar-refractivity contribution in [3.8, 4) is 0 Å². The summed E-state index contributed by atoms with van der Waals surface area (Å²) < 4.78 is 15.8. The molecule has 2 atom stereocenters. The molecule has 106 valence electrons. The highest BCUT2D eigenvalue weighted by atomic mass is 32.2. The van der Waals surface area contributed by atoms with E-state index >= 15 is 0 Å². The molecule has 1 N–H and O–H groups in total. The Labute approximate surface area is 115 Å². The minimum Gasteiger partial charge on any atom is -0.463 e. The Balaban J connectivity index is 2.66. The second-order valence-corrected chi connectivity index (χ2v) is 6.04. The lowest BCUT2D eigenvalue weighted by atomic mass is 10.3. The Morgan fingerprint density at radius 2 is 2.21 bits per heavy atom. The molecule has 0 aliphatic carbocycles. The zero-order chi connectivity index (χ0) is 14.4. The number of hydrogen-bond donors (Lipinski definition) is 1. The van der Waals surface area contributed by atoms with Gasteiger partial charge in [0.25, 0.3) is 0 Å². The van der Waals surface area contributed by atoms with E-state index in [-0.39, 0.29) is 11.1 Å². The highest BCUT2D eigenvalue weighted by Gasteiger charge is 2.11. The third-order valence-corrected chi connectivity index (χ3v) is 4.01. The molecule has 1 heterocycles. The smallest absolute Gasteiger partial charge is 0.376 e. The number of methoxy groups -OCH3 is 1. The molecule has 19 heavy (non-hydrogen) atoms. The summed E-state index contributed by atoms with van der Waals surface area (Å²) in [5, 5.41) is 3.22. The molecule has 2 unspecified atom stereocenters. The van der Waals surface area contributed by atoms with E-state index in [2.05, 4.69) is 20.0 Å². The van der Waals surface area contributed by atoms with Crippen LogP contribution in [0.5, 0.6) is 0 Å². The monoisotopic (exact) mass is 285 g/mol. The molecule has 0 bridgehead atoms. The number of ether oxygens (including phenoxy) is 1. The van der Waals surface area contributed by atoms with E-state index in [0.29, 0.717) is 18.1 Å². The Hall–Kier alpha value is -1.50. The summed E-state index contributed by atoms with van der Waals surface area (Å²) in [7, 11) is 0.458. The lowest BCUT2D eigenvalue weighted by molar-refractivity contribution is 0.0586. The molecule has 0 saturated heterocycles. The van der Waals surface area contributed by atoms with Gasteiger partial charge in [-0.2, -0.15) is 0 Å². The fraction of sp³-hybridized carbons (Fsp3) is 0.583. The predicted molar refractivity (Wildman–Crippen MR) is 74.7 cm³/mol. The molecule has 0 fully saturated rings. The average Bonchev–Trinajstić information content (AvgIpc) is 2.36. The van der Waals surface area contributed by atoms with Crippen molar-refractivity contribution in [2.24, 2.45) is 0 Å². The molecule has 0 amide bonds.